The van der Waals surface area contributed by atoms with E-state index < -0.39 is 0 Å². The molecule has 0 aromatic carbocycles. The van der Waals surface area contributed by atoms with Crippen LogP contribution in [0, 0.1) is 0 Å². The molecule has 3 N–H and O–H groups in total. The fourth-order valence-electron chi connectivity index (χ4n) is 1.30. The van der Waals surface area contributed by atoms with Crippen molar-refractivity contribution in [2.75, 3.05) is 11.9 Å². The van der Waals surface area contributed by atoms with E-state index >= 15 is 0 Å². The molecule has 1 atom stereocenters. The molecule has 86 valence electrons. The summed E-state index contributed by atoms with van der Waals surface area (Å²) < 4.78 is 1.64. The standard InChI is InChI=1S/C10H14ClN5/c1-2-8(12)5-13-10-14-9-4-3-7(11)6-16(9)15-10/h3-4,6,8H,2,5,12H2,1H3,(H,13,15). The second-order valence-electron chi connectivity index (χ2n) is 3.63. The monoisotopic (exact) mass is 239 g/mol. The molecule has 2 aromatic heterocycles. The highest BCUT2D eigenvalue weighted by molar-refractivity contribution is 6.30. The van der Waals surface area contributed by atoms with Gasteiger partial charge in [-0.05, 0) is 18.6 Å². The molecule has 0 radical (unpaired) electrons. The molecule has 6 heteroatoms. The lowest BCUT2D eigenvalue weighted by Gasteiger charge is -2.07. The Balaban J connectivity index is 2.13. The van der Waals surface area contributed by atoms with Crippen LogP contribution in [0.5, 0.6) is 0 Å². The van der Waals surface area contributed by atoms with Crippen molar-refractivity contribution >= 4 is 23.2 Å². The summed E-state index contributed by atoms with van der Waals surface area (Å²) in [5, 5.41) is 7.96. The van der Waals surface area contributed by atoms with Gasteiger partial charge in [-0.2, -0.15) is 4.98 Å². The number of nitrogens with one attached hydrogen (secondary N) is 1. The van der Waals surface area contributed by atoms with Crippen molar-refractivity contribution < 1.29 is 0 Å². The molecule has 0 fully saturated rings. The third-order valence-electron chi connectivity index (χ3n) is 2.34. The van der Waals surface area contributed by atoms with E-state index in [1.165, 1.54) is 0 Å². The van der Waals surface area contributed by atoms with Gasteiger partial charge in [0.2, 0.25) is 5.95 Å². The molecule has 0 aliphatic heterocycles. The smallest absolute Gasteiger partial charge is 0.243 e. The highest BCUT2D eigenvalue weighted by atomic mass is 35.5. The van der Waals surface area contributed by atoms with Crippen molar-refractivity contribution in [1.29, 1.82) is 0 Å². The second-order valence-corrected chi connectivity index (χ2v) is 4.07. The zero-order valence-corrected chi connectivity index (χ0v) is 9.78. The summed E-state index contributed by atoms with van der Waals surface area (Å²) in [6.07, 6.45) is 2.64. The summed E-state index contributed by atoms with van der Waals surface area (Å²) in [5.74, 6) is 0.575. The van der Waals surface area contributed by atoms with Crippen molar-refractivity contribution in [1.82, 2.24) is 14.6 Å². The van der Waals surface area contributed by atoms with E-state index in [0.29, 0.717) is 17.5 Å². The molecular formula is C10H14ClN5. The molecule has 0 aliphatic carbocycles. The average Bonchev–Trinajstić information content (AvgIpc) is 2.67. The van der Waals surface area contributed by atoms with Crippen molar-refractivity contribution in [2.24, 2.45) is 5.73 Å². The van der Waals surface area contributed by atoms with Crippen molar-refractivity contribution in [3.63, 3.8) is 0 Å². The predicted molar refractivity (Wildman–Crippen MR) is 64.8 cm³/mol. The molecular weight excluding hydrogens is 226 g/mol. The zero-order valence-electron chi connectivity index (χ0n) is 9.02. The topological polar surface area (TPSA) is 68.2 Å². The minimum Gasteiger partial charge on any atom is -0.351 e. The molecule has 0 amide bonds. The minimum absolute atomic E-state index is 0.121. The van der Waals surface area contributed by atoms with E-state index in [0.717, 1.165) is 12.1 Å². The molecule has 2 rings (SSSR count). The Morgan fingerprint density at radius 2 is 2.38 bits per heavy atom. The lowest BCUT2D eigenvalue weighted by atomic mass is 10.2. The van der Waals surface area contributed by atoms with Gasteiger partial charge < -0.3 is 11.1 Å². The number of fused-ring (bicyclic) bond motifs is 1. The van der Waals surface area contributed by atoms with Gasteiger partial charge in [0.25, 0.3) is 0 Å². The Bertz CT molecular complexity index is 481. The molecule has 16 heavy (non-hydrogen) atoms. The van der Waals surface area contributed by atoms with Gasteiger partial charge in [-0.15, -0.1) is 5.10 Å². The SMILES string of the molecule is CCC(N)CNc1nc2ccc(Cl)cn2n1. The number of hydrogen-bond donors (Lipinski definition) is 2. The highest BCUT2D eigenvalue weighted by Gasteiger charge is 2.04. The largest absolute Gasteiger partial charge is 0.351 e. The van der Waals surface area contributed by atoms with Crippen LogP contribution in [0.15, 0.2) is 18.3 Å². The number of anilines is 1. The van der Waals surface area contributed by atoms with Gasteiger partial charge in [-0.1, -0.05) is 18.5 Å². The first-order valence-corrected chi connectivity index (χ1v) is 5.58. The van der Waals surface area contributed by atoms with Gasteiger partial charge >= 0.3 is 0 Å². The van der Waals surface area contributed by atoms with Gasteiger partial charge in [-0.3, -0.25) is 0 Å². The maximum Gasteiger partial charge on any atom is 0.243 e. The van der Waals surface area contributed by atoms with E-state index in [4.69, 9.17) is 17.3 Å². The van der Waals surface area contributed by atoms with E-state index in [1.807, 2.05) is 13.0 Å². The summed E-state index contributed by atoms with van der Waals surface area (Å²) in [5.41, 5.74) is 6.55. The predicted octanol–water partition coefficient (Wildman–Crippen LogP) is 1.53. The fraction of sp³-hybridized carbons (Fsp3) is 0.400. The van der Waals surface area contributed by atoms with Gasteiger partial charge in [0.05, 0.1) is 5.02 Å². The summed E-state index contributed by atoms with van der Waals surface area (Å²) >= 11 is 5.85. The van der Waals surface area contributed by atoms with Crippen molar-refractivity contribution in [3.05, 3.63) is 23.4 Å². The number of pyridine rings is 1. The van der Waals surface area contributed by atoms with E-state index in [2.05, 4.69) is 15.4 Å². The van der Waals surface area contributed by atoms with E-state index in [-0.39, 0.29) is 6.04 Å². The van der Waals surface area contributed by atoms with Gasteiger partial charge in [-0.25, -0.2) is 4.52 Å². The van der Waals surface area contributed by atoms with Crippen molar-refractivity contribution in [2.45, 2.75) is 19.4 Å². The summed E-state index contributed by atoms with van der Waals surface area (Å²) in [7, 11) is 0. The highest BCUT2D eigenvalue weighted by Crippen LogP contribution is 2.11. The molecule has 0 spiro atoms. The number of nitrogens with zero attached hydrogens (tertiary/aromatic N) is 3. The third-order valence-corrected chi connectivity index (χ3v) is 2.57. The molecule has 5 nitrogen and oxygen atoms in total. The Hall–Kier alpha value is -1.33. The normalized spacial score (nSPS) is 12.9. The number of aromatic nitrogens is 3. The molecule has 0 saturated heterocycles. The Kier molecular flexibility index (Phi) is 3.26. The molecule has 0 aliphatic rings. The number of nitrogens with two attached hydrogens (primary N) is 1. The summed E-state index contributed by atoms with van der Waals surface area (Å²) in [6.45, 7) is 2.71. The van der Waals surface area contributed by atoms with Crippen LogP contribution in [-0.4, -0.2) is 27.2 Å². The minimum atomic E-state index is 0.121. The van der Waals surface area contributed by atoms with Crippen LogP contribution in [-0.2, 0) is 0 Å². The van der Waals surface area contributed by atoms with Crippen LogP contribution >= 0.6 is 11.6 Å². The lowest BCUT2D eigenvalue weighted by Crippen LogP contribution is -2.28. The molecule has 1 unspecified atom stereocenters. The van der Waals surface area contributed by atoms with Gasteiger partial charge in [0.1, 0.15) is 0 Å². The molecule has 0 bridgehead atoms. The summed E-state index contributed by atoms with van der Waals surface area (Å²) in [6, 6.07) is 3.73. The fourth-order valence-corrected chi connectivity index (χ4v) is 1.46. The first kappa shape index (κ1) is 11.2. The first-order valence-electron chi connectivity index (χ1n) is 5.20. The zero-order chi connectivity index (χ0) is 11.5. The van der Waals surface area contributed by atoms with Crippen LogP contribution in [0.25, 0.3) is 5.65 Å². The number of rotatable bonds is 4. The second kappa shape index (κ2) is 4.67. The first-order chi connectivity index (χ1) is 7.69. The van der Waals surface area contributed by atoms with E-state index in [9.17, 15) is 0 Å². The Morgan fingerprint density at radius 1 is 1.56 bits per heavy atom. The van der Waals surface area contributed by atoms with Crippen LogP contribution < -0.4 is 11.1 Å². The summed E-state index contributed by atoms with van der Waals surface area (Å²) in [4.78, 5) is 4.29. The number of hydrogen-bond acceptors (Lipinski definition) is 4. The lowest BCUT2D eigenvalue weighted by molar-refractivity contribution is 0.676. The van der Waals surface area contributed by atoms with Gasteiger partial charge in [0.15, 0.2) is 5.65 Å². The Morgan fingerprint density at radius 3 is 3.12 bits per heavy atom. The van der Waals surface area contributed by atoms with Crippen LogP contribution in [0.3, 0.4) is 0 Å². The van der Waals surface area contributed by atoms with Crippen LogP contribution in [0.4, 0.5) is 5.95 Å². The molecule has 2 aromatic rings. The quantitative estimate of drug-likeness (QED) is 0.849. The van der Waals surface area contributed by atoms with Crippen LogP contribution in [0.1, 0.15) is 13.3 Å². The maximum atomic E-state index is 5.85. The number of halogens is 1. The van der Waals surface area contributed by atoms with Gasteiger partial charge in [0, 0.05) is 18.8 Å². The van der Waals surface area contributed by atoms with Crippen LogP contribution in [0.2, 0.25) is 5.02 Å². The van der Waals surface area contributed by atoms with E-state index in [1.54, 1.807) is 16.8 Å². The van der Waals surface area contributed by atoms with Crippen molar-refractivity contribution in [3.8, 4) is 0 Å². The average molecular weight is 240 g/mol. The molecule has 0 saturated carbocycles. The third kappa shape index (κ3) is 2.43. The molecule has 2 heterocycles. The Labute approximate surface area is 98.6 Å². The maximum absolute atomic E-state index is 5.85.